The number of hydrogen-bond donors (Lipinski definition) is 3. The monoisotopic (exact) mass is 591 g/mol. The molecule has 6 heterocycles. The zero-order valence-electron chi connectivity index (χ0n) is 20.5. The van der Waals surface area contributed by atoms with Gasteiger partial charge in [-0.2, -0.15) is 19.6 Å². The highest BCUT2D eigenvalue weighted by molar-refractivity contribution is 9.10. The molecule has 12 nitrogen and oxygen atoms in total. The lowest BCUT2D eigenvalue weighted by atomic mass is 10.1. The number of rotatable bonds is 7. The van der Waals surface area contributed by atoms with Gasteiger partial charge in [-0.3, -0.25) is 14.6 Å². The number of fused-ring (bicyclic) bond motifs is 1. The summed E-state index contributed by atoms with van der Waals surface area (Å²) in [5, 5.41) is 22.9. The molecule has 5 aromatic heterocycles. The number of aromatic nitrogens is 8. The molecule has 198 valence electrons. The van der Waals surface area contributed by atoms with E-state index in [4.69, 9.17) is 10.1 Å². The number of amides is 1. The van der Waals surface area contributed by atoms with Crippen molar-refractivity contribution in [3.63, 3.8) is 0 Å². The summed E-state index contributed by atoms with van der Waals surface area (Å²) in [5.41, 5.74) is 2.29. The number of anilines is 4. The molecule has 0 radical (unpaired) electrons. The molecule has 0 unspecified atom stereocenters. The number of nitrogens with one attached hydrogen (secondary N) is 3. The van der Waals surface area contributed by atoms with Gasteiger partial charge in [-0.05, 0) is 53.0 Å². The van der Waals surface area contributed by atoms with Gasteiger partial charge < -0.3 is 15.5 Å². The predicted octanol–water partition coefficient (Wildman–Crippen LogP) is 4.03. The molecule has 1 aliphatic carbocycles. The Kier molecular flexibility index (Phi) is 5.76. The largest absolute Gasteiger partial charge is 0.325 e. The van der Waals surface area contributed by atoms with Crippen molar-refractivity contribution < 1.29 is 9.18 Å². The van der Waals surface area contributed by atoms with Gasteiger partial charge in [0.2, 0.25) is 17.8 Å². The van der Waals surface area contributed by atoms with E-state index < -0.39 is 12.0 Å². The van der Waals surface area contributed by atoms with Gasteiger partial charge in [0.05, 0.1) is 28.6 Å². The number of hydrogen-bond acceptors (Lipinski definition) is 8. The SMILES string of the molecule is O=C(Nc1ccc(F)nc1)[C@@H]1C[C@H](n2cc(Br)cn2)CN1c1nc(Nc2cc(C3CC3)[nH]n2)c2cccn2n1. The second kappa shape index (κ2) is 9.45. The normalized spacial score (nSPS) is 19.1. The van der Waals surface area contributed by atoms with Gasteiger partial charge in [-0.15, -0.1) is 5.10 Å². The first-order chi connectivity index (χ1) is 19.0. The average Bonchev–Trinajstić information content (AvgIpc) is 3.33. The Morgan fingerprint density at radius 2 is 2.10 bits per heavy atom. The van der Waals surface area contributed by atoms with Gasteiger partial charge in [0.15, 0.2) is 11.6 Å². The number of nitrogens with zero attached hydrogens (tertiary/aromatic N) is 8. The van der Waals surface area contributed by atoms with Crippen molar-refractivity contribution in [3.8, 4) is 0 Å². The lowest BCUT2D eigenvalue weighted by Gasteiger charge is -2.24. The molecule has 3 N–H and O–H groups in total. The summed E-state index contributed by atoms with van der Waals surface area (Å²) in [4.78, 5) is 23.9. The van der Waals surface area contributed by atoms with Crippen molar-refractivity contribution in [1.82, 2.24) is 39.6 Å². The van der Waals surface area contributed by atoms with Crippen LogP contribution >= 0.6 is 15.9 Å². The molecule has 0 bridgehead atoms. The molecular weight excluding hydrogens is 569 g/mol. The maximum Gasteiger partial charge on any atom is 0.247 e. The Labute approximate surface area is 229 Å². The molecule has 2 atom stereocenters. The van der Waals surface area contributed by atoms with Crippen LogP contribution in [0.4, 0.5) is 27.7 Å². The van der Waals surface area contributed by atoms with Crippen molar-refractivity contribution in [2.45, 2.75) is 37.3 Å². The summed E-state index contributed by atoms with van der Waals surface area (Å²) < 4.78 is 17.7. The predicted molar refractivity (Wildman–Crippen MR) is 144 cm³/mol. The van der Waals surface area contributed by atoms with Crippen molar-refractivity contribution in [1.29, 1.82) is 0 Å². The second-order valence-electron chi connectivity index (χ2n) is 9.76. The minimum absolute atomic E-state index is 0.105. The van der Waals surface area contributed by atoms with E-state index in [-0.39, 0.29) is 11.9 Å². The molecule has 1 saturated carbocycles. The van der Waals surface area contributed by atoms with E-state index in [1.807, 2.05) is 40.2 Å². The minimum Gasteiger partial charge on any atom is -0.325 e. The molecule has 14 heteroatoms. The maximum absolute atomic E-state index is 13.5. The summed E-state index contributed by atoms with van der Waals surface area (Å²) in [6.45, 7) is 0.453. The molecular formula is C25H23BrFN11O. The van der Waals surface area contributed by atoms with E-state index in [1.165, 1.54) is 31.2 Å². The third kappa shape index (κ3) is 4.71. The number of aromatic amines is 1. The van der Waals surface area contributed by atoms with Crippen molar-refractivity contribution >= 4 is 50.6 Å². The van der Waals surface area contributed by atoms with Gasteiger partial charge in [-0.25, -0.2) is 9.50 Å². The van der Waals surface area contributed by atoms with Crippen LogP contribution in [0.25, 0.3) is 5.52 Å². The number of carbonyl (C=O) groups excluding carboxylic acids is 1. The molecule has 2 aliphatic rings. The molecule has 1 aliphatic heterocycles. The molecule has 0 spiro atoms. The molecule has 1 amide bonds. The standard InChI is InChI=1S/C25H23BrFN11O/c26-15-10-29-38(12-15)17-8-20(24(39)30-16-5-6-21(27)28-11-16)36(13-17)25-32-23(19-2-1-7-37(19)35-25)31-22-9-18(33-34-22)14-3-4-14/h1-2,5-7,9-12,14,17,20H,3-4,8,13H2,(H,30,39)(H2,31,32,33,34,35)/t17-,20-/m0/s1. The first-order valence-electron chi connectivity index (χ1n) is 12.6. The van der Waals surface area contributed by atoms with Crippen molar-refractivity contribution in [3.05, 3.63) is 71.2 Å². The third-order valence-corrected chi connectivity index (χ3v) is 7.43. The first-order valence-corrected chi connectivity index (χ1v) is 13.4. The van der Waals surface area contributed by atoms with Crippen molar-refractivity contribution in [2.24, 2.45) is 0 Å². The van der Waals surface area contributed by atoms with Gasteiger partial charge in [-0.1, -0.05) is 0 Å². The fourth-order valence-corrected chi connectivity index (χ4v) is 5.23. The summed E-state index contributed by atoms with van der Waals surface area (Å²) in [7, 11) is 0. The van der Waals surface area contributed by atoms with E-state index in [2.05, 4.69) is 46.8 Å². The van der Waals surface area contributed by atoms with E-state index in [1.54, 1.807) is 10.7 Å². The lowest BCUT2D eigenvalue weighted by molar-refractivity contribution is -0.117. The van der Waals surface area contributed by atoms with Crippen LogP contribution in [0.15, 0.2) is 59.6 Å². The molecule has 7 rings (SSSR count). The van der Waals surface area contributed by atoms with E-state index in [0.29, 0.717) is 42.2 Å². The van der Waals surface area contributed by atoms with Crippen LogP contribution in [0.3, 0.4) is 0 Å². The molecule has 0 aromatic carbocycles. The highest BCUT2D eigenvalue weighted by atomic mass is 79.9. The molecule has 2 fully saturated rings. The molecule has 1 saturated heterocycles. The Hall–Kier alpha value is -4.33. The summed E-state index contributed by atoms with van der Waals surface area (Å²) >= 11 is 3.45. The van der Waals surface area contributed by atoms with Crippen LogP contribution in [-0.4, -0.2) is 58.1 Å². The van der Waals surface area contributed by atoms with Crippen LogP contribution in [0, 0.1) is 5.95 Å². The highest BCUT2D eigenvalue weighted by Crippen LogP contribution is 2.40. The Bertz CT molecular complexity index is 1660. The smallest absolute Gasteiger partial charge is 0.247 e. The van der Waals surface area contributed by atoms with Gasteiger partial charge in [0, 0.05) is 43.0 Å². The average molecular weight is 592 g/mol. The molecule has 5 aromatic rings. The third-order valence-electron chi connectivity index (χ3n) is 7.02. The zero-order chi connectivity index (χ0) is 26.5. The van der Waals surface area contributed by atoms with Crippen molar-refractivity contribution in [2.75, 3.05) is 22.1 Å². The van der Waals surface area contributed by atoms with Crippen LogP contribution in [0.1, 0.15) is 36.9 Å². The van der Waals surface area contributed by atoms with E-state index >= 15 is 0 Å². The van der Waals surface area contributed by atoms with Crippen LogP contribution in [0.2, 0.25) is 0 Å². The number of pyridine rings is 1. The van der Waals surface area contributed by atoms with Gasteiger partial charge in [0.25, 0.3) is 0 Å². The van der Waals surface area contributed by atoms with Gasteiger partial charge in [0.1, 0.15) is 11.6 Å². The maximum atomic E-state index is 13.5. The molecule has 39 heavy (non-hydrogen) atoms. The Balaban J connectivity index is 1.23. The Morgan fingerprint density at radius 3 is 2.87 bits per heavy atom. The topological polar surface area (TPSA) is 134 Å². The zero-order valence-corrected chi connectivity index (χ0v) is 22.1. The van der Waals surface area contributed by atoms with Gasteiger partial charge >= 0.3 is 0 Å². The fourth-order valence-electron chi connectivity index (χ4n) is 4.93. The van der Waals surface area contributed by atoms with Crippen LogP contribution in [-0.2, 0) is 4.79 Å². The summed E-state index contributed by atoms with van der Waals surface area (Å²) in [5.74, 6) is 1.28. The fraction of sp³-hybridized carbons (Fsp3) is 0.280. The van der Waals surface area contributed by atoms with Crippen LogP contribution in [0.5, 0.6) is 0 Å². The van der Waals surface area contributed by atoms with Crippen LogP contribution < -0.4 is 15.5 Å². The second-order valence-corrected chi connectivity index (χ2v) is 10.7. The minimum atomic E-state index is -0.616. The highest BCUT2D eigenvalue weighted by Gasteiger charge is 2.40. The lowest BCUT2D eigenvalue weighted by Crippen LogP contribution is -2.41. The first kappa shape index (κ1) is 23.8. The number of halogens is 2. The summed E-state index contributed by atoms with van der Waals surface area (Å²) in [6.07, 6.45) is 9.53. The number of H-pyrrole nitrogens is 1. The van der Waals surface area contributed by atoms with E-state index in [9.17, 15) is 9.18 Å². The van der Waals surface area contributed by atoms with E-state index in [0.717, 1.165) is 15.7 Å². The summed E-state index contributed by atoms with van der Waals surface area (Å²) in [6, 6.07) is 7.77. The Morgan fingerprint density at radius 1 is 1.21 bits per heavy atom. The number of carbonyl (C=O) groups is 1. The quantitative estimate of drug-likeness (QED) is 0.242.